The van der Waals surface area contributed by atoms with Gasteiger partial charge in [0, 0.05) is 17.1 Å². The summed E-state index contributed by atoms with van der Waals surface area (Å²) in [5.41, 5.74) is 2.04. The lowest BCUT2D eigenvalue weighted by atomic mass is 10.2. The highest BCUT2D eigenvalue weighted by atomic mass is 16.5. The predicted molar refractivity (Wildman–Crippen MR) is 85.2 cm³/mol. The fraction of sp³-hybridized carbons (Fsp3) is 0.222. The Balaban J connectivity index is 1.86. The molecule has 0 unspecified atom stereocenters. The molecule has 1 aromatic carbocycles. The summed E-state index contributed by atoms with van der Waals surface area (Å²) >= 11 is 0. The molecule has 0 N–H and O–H groups in total. The van der Waals surface area contributed by atoms with Crippen molar-refractivity contribution in [1.82, 2.24) is 4.98 Å². The number of aldehydes is 1. The Morgan fingerprint density at radius 2 is 2.14 bits per heavy atom. The average molecular weight is 295 g/mol. The van der Waals surface area contributed by atoms with Crippen molar-refractivity contribution in [2.45, 2.75) is 19.8 Å². The minimum Gasteiger partial charge on any atom is -0.494 e. The number of pyridine rings is 1. The van der Waals surface area contributed by atoms with Crippen LogP contribution in [-0.2, 0) is 0 Å². The number of aromatic nitrogens is 1. The third kappa shape index (κ3) is 3.01. The Kier molecular flexibility index (Phi) is 4.19. The van der Waals surface area contributed by atoms with Gasteiger partial charge in [0.2, 0.25) is 0 Å². The molecule has 4 heteroatoms. The Morgan fingerprint density at radius 1 is 1.23 bits per heavy atom. The van der Waals surface area contributed by atoms with E-state index in [2.05, 4.69) is 11.9 Å². The number of fused-ring (bicyclic) bond motifs is 1. The minimum absolute atomic E-state index is 0.548. The molecule has 112 valence electrons. The standard InChI is InChI=1S/C18H17NO3/c1-2-3-8-21-15-5-7-17-14(9-15)10-18(22-17)16-6-4-13(12-20)11-19-16/h4-7,9-12H,2-3,8H2,1H3. The second-order valence-electron chi connectivity index (χ2n) is 5.11. The molecule has 0 aliphatic heterocycles. The number of rotatable bonds is 6. The Labute approximate surface area is 128 Å². The second kappa shape index (κ2) is 6.43. The normalized spacial score (nSPS) is 10.8. The van der Waals surface area contributed by atoms with E-state index in [0.29, 0.717) is 17.0 Å². The average Bonchev–Trinajstić information content (AvgIpc) is 2.98. The minimum atomic E-state index is 0.548. The van der Waals surface area contributed by atoms with Gasteiger partial charge in [0.15, 0.2) is 12.0 Å². The Bertz CT molecular complexity index is 775. The number of benzene rings is 1. The van der Waals surface area contributed by atoms with Crippen LogP contribution in [0.3, 0.4) is 0 Å². The van der Waals surface area contributed by atoms with E-state index in [1.165, 1.54) is 6.20 Å². The maximum absolute atomic E-state index is 10.7. The van der Waals surface area contributed by atoms with Crippen LogP contribution in [-0.4, -0.2) is 17.9 Å². The smallest absolute Gasteiger partial charge is 0.153 e. The van der Waals surface area contributed by atoms with Gasteiger partial charge in [-0.3, -0.25) is 9.78 Å². The van der Waals surface area contributed by atoms with E-state index < -0.39 is 0 Å². The molecule has 22 heavy (non-hydrogen) atoms. The molecule has 2 aromatic heterocycles. The topological polar surface area (TPSA) is 52.3 Å². The van der Waals surface area contributed by atoms with Crippen LogP contribution in [0.5, 0.6) is 5.75 Å². The van der Waals surface area contributed by atoms with E-state index in [0.717, 1.165) is 42.5 Å². The fourth-order valence-corrected chi connectivity index (χ4v) is 2.19. The van der Waals surface area contributed by atoms with Crippen molar-refractivity contribution in [2.24, 2.45) is 0 Å². The highest BCUT2D eigenvalue weighted by Gasteiger charge is 2.08. The number of hydrogen-bond acceptors (Lipinski definition) is 4. The van der Waals surface area contributed by atoms with Crippen molar-refractivity contribution in [2.75, 3.05) is 6.61 Å². The van der Waals surface area contributed by atoms with Crippen LogP contribution in [0.2, 0.25) is 0 Å². The van der Waals surface area contributed by atoms with Crippen LogP contribution < -0.4 is 4.74 Å². The molecule has 0 spiro atoms. The maximum atomic E-state index is 10.7. The van der Waals surface area contributed by atoms with Gasteiger partial charge < -0.3 is 9.15 Å². The SMILES string of the molecule is CCCCOc1ccc2oc(-c3ccc(C=O)cn3)cc2c1. The molecule has 0 atom stereocenters. The number of hydrogen-bond donors (Lipinski definition) is 0. The Morgan fingerprint density at radius 3 is 2.86 bits per heavy atom. The van der Waals surface area contributed by atoms with Crippen molar-refractivity contribution < 1.29 is 13.9 Å². The number of furan rings is 1. The highest BCUT2D eigenvalue weighted by Crippen LogP contribution is 2.29. The van der Waals surface area contributed by atoms with Crippen molar-refractivity contribution in [3.8, 4) is 17.2 Å². The van der Waals surface area contributed by atoms with Crippen molar-refractivity contribution in [3.05, 3.63) is 48.2 Å². The summed E-state index contributed by atoms with van der Waals surface area (Å²) in [5.74, 6) is 1.52. The zero-order valence-corrected chi connectivity index (χ0v) is 12.4. The molecular weight excluding hydrogens is 278 g/mol. The van der Waals surface area contributed by atoms with Crippen LogP contribution in [0.1, 0.15) is 30.1 Å². The van der Waals surface area contributed by atoms with Gasteiger partial charge in [-0.15, -0.1) is 0 Å². The van der Waals surface area contributed by atoms with Gasteiger partial charge >= 0.3 is 0 Å². The summed E-state index contributed by atoms with van der Waals surface area (Å²) in [6.45, 7) is 2.86. The van der Waals surface area contributed by atoms with Crippen LogP contribution in [0.15, 0.2) is 47.0 Å². The van der Waals surface area contributed by atoms with Crippen LogP contribution >= 0.6 is 0 Å². The maximum Gasteiger partial charge on any atom is 0.153 e. The second-order valence-corrected chi connectivity index (χ2v) is 5.11. The monoisotopic (exact) mass is 295 g/mol. The number of nitrogens with zero attached hydrogens (tertiary/aromatic N) is 1. The first kappa shape index (κ1) is 14.3. The quantitative estimate of drug-likeness (QED) is 0.497. The van der Waals surface area contributed by atoms with Gasteiger partial charge in [-0.1, -0.05) is 13.3 Å². The first-order valence-electron chi connectivity index (χ1n) is 7.38. The molecule has 4 nitrogen and oxygen atoms in total. The molecule has 3 rings (SSSR count). The largest absolute Gasteiger partial charge is 0.494 e. The lowest BCUT2D eigenvalue weighted by Gasteiger charge is -2.04. The molecule has 0 saturated heterocycles. The zero-order valence-electron chi connectivity index (χ0n) is 12.4. The first-order chi connectivity index (χ1) is 10.8. The highest BCUT2D eigenvalue weighted by molar-refractivity contribution is 5.83. The van der Waals surface area contributed by atoms with E-state index >= 15 is 0 Å². The Hall–Kier alpha value is -2.62. The third-order valence-electron chi connectivity index (χ3n) is 3.43. The molecule has 3 aromatic rings. The lowest BCUT2D eigenvalue weighted by molar-refractivity contribution is 0.112. The van der Waals surface area contributed by atoms with Gasteiger partial charge in [-0.2, -0.15) is 0 Å². The summed E-state index contributed by atoms with van der Waals surface area (Å²) in [6.07, 6.45) is 4.46. The molecular formula is C18H17NO3. The van der Waals surface area contributed by atoms with Gasteiger partial charge in [-0.05, 0) is 42.8 Å². The van der Waals surface area contributed by atoms with E-state index in [1.54, 1.807) is 12.1 Å². The fourth-order valence-electron chi connectivity index (χ4n) is 2.19. The van der Waals surface area contributed by atoms with E-state index in [1.807, 2.05) is 24.3 Å². The molecule has 0 aliphatic rings. The van der Waals surface area contributed by atoms with E-state index in [9.17, 15) is 4.79 Å². The molecule has 0 amide bonds. The zero-order chi connectivity index (χ0) is 15.4. The van der Waals surface area contributed by atoms with Crippen molar-refractivity contribution >= 4 is 17.3 Å². The molecule has 0 bridgehead atoms. The number of carbonyl (C=O) groups excluding carboxylic acids is 1. The van der Waals surface area contributed by atoms with Gasteiger partial charge in [-0.25, -0.2) is 0 Å². The molecule has 0 fully saturated rings. The van der Waals surface area contributed by atoms with Crippen molar-refractivity contribution in [1.29, 1.82) is 0 Å². The number of ether oxygens (including phenoxy) is 1. The van der Waals surface area contributed by atoms with Gasteiger partial charge in [0.05, 0.1) is 6.61 Å². The summed E-state index contributed by atoms with van der Waals surface area (Å²) in [5, 5.41) is 0.977. The lowest BCUT2D eigenvalue weighted by Crippen LogP contribution is -1.95. The van der Waals surface area contributed by atoms with E-state index in [4.69, 9.17) is 9.15 Å². The summed E-state index contributed by atoms with van der Waals surface area (Å²) in [7, 11) is 0. The molecule has 2 heterocycles. The summed E-state index contributed by atoms with van der Waals surface area (Å²) in [4.78, 5) is 14.9. The number of carbonyl (C=O) groups is 1. The van der Waals surface area contributed by atoms with E-state index in [-0.39, 0.29) is 0 Å². The van der Waals surface area contributed by atoms with Gasteiger partial charge in [0.25, 0.3) is 0 Å². The van der Waals surface area contributed by atoms with Crippen molar-refractivity contribution in [3.63, 3.8) is 0 Å². The van der Waals surface area contributed by atoms with Gasteiger partial charge in [0.1, 0.15) is 17.0 Å². The molecule has 0 aliphatic carbocycles. The first-order valence-corrected chi connectivity index (χ1v) is 7.38. The molecule has 0 saturated carbocycles. The van der Waals surface area contributed by atoms with Crippen LogP contribution in [0.25, 0.3) is 22.4 Å². The summed E-state index contributed by atoms with van der Waals surface area (Å²) < 4.78 is 11.5. The summed E-state index contributed by atoms with van der Waals surface area (Å²) in [6, 6.07) is 11.2. The van der Waals surface area contributed by atoms with Crippen LogP contribution in [0, 0.1) is 0 Å². The van der Waals surface area contributed by atoms with Crippen LogP contribution in [0.4, 0.5) is 0 Å². The number of unbranched alkanes of at least 4 members (excludes halogenated alkanes) is 1. The third-order valence-corrected chi connectivity index (χ3v) is 3.43. The predicted octanol–water partition coefficient (Wildman–Crippen LogP) is 4.49. The molecule has 0 radical (unpaired) electrons.